The number of aromatic nitrogens is 2. The van der Waals surface area contributed by atoms with Crippen molar-refractivity contribution in [1.29, 1.82) is 0 Å². The molecule has 0 aliphatic heterocycles. The van der Waals surface area contributed by atoms with Crippen molar-refractivity contribution in [3.05, 3.63) is 36.0 Å². The van der Waals surface area contributed by atoms with Crippen molar-refractivity contribution in [2.75, 3.05) is 17.7 Å². The van der Waals surface area contributed by atoms with Crippen LogP contribution >= 0.6 is 0 Å². The van der Waals surface area contributed by atoms with Crippen LogP contribution in [0.4, 0.5) is 17.2 Å². The predicted octanol–water partition coefficient (Wildman–Crippen LogP) is 1.92. The third kappa shape index (κ3) is 3.04. The molecule has 6 heteroatoms. The molecule has 0 fully saturated rings. The SMILES string of the molecule is CCOC(=O)c1cc(N)ccc1Nc1ccn(C)n1. The van der Waals surface area contributed by atoms with Gasteiger partial charge in [0.2, 0.25) is 0 Å². The van der Waals surface area contributed by atoms with Crippen LogP contribution in [0.15, 0.2) is 30.5 Å². The molecule has 3 N–H and O–H groups in total. The molecule has 0 aliphatic carbocycles. The Hall–Kier alpha value is -2.50. The van der Waals surface area contributed by atoms with Crippen LogP contribution in [0.1, 0.15) is 17.3 Å². The van der Waals surface area contributed by atoms with Gasteiger partial charge in [0.15, 0.2) is 5.82 Å². The zero-order valence-corrected chi connectivity index (χ0v) is 10.9. The van der Waals surface area contributed by atoms with E-state index < -0.39 is 5.97 Å². The lowest BCUT2D eigenvalue weighted by molar-refractivity contribution is 0.0527. The molecule has 6 nitrogen and oxygen atoms in total. The molecule has 100 valence electrons. The van der Waals surface area contributed by atoms with E-state index in [9.17, 15) is 4.79 Å². The topological polar surface area (TPSA) is 82.2 Å². The number of rotatable bonds is 4. The largest absolute Gasteiger partial charge is 0.462 e. The van der Waals surface area contributed by atoms with Crippen LogP contribution in [0.2, 0.25) is 0 Å². The Bertz CT molecular complexity index is 592. The molecule has 0 radical (unpaired) electrons. The number of hydrogen-bond acceptors (Lipinski definition) is 5. The molecule has 0 spiro atoms. The Morgan fingerprint density at radius 1 is 1.47 bits per heavy atom. The Labute approximate surface area is 111 Å². The third-order valence-electron chi connectivity index (χ3n) is 2.52. The number of nitrogen functional groups attached to an aromatic ring is 1. The minimum absolute atomic E-state index is 0.316. The average molecular weight is 260 g/mol. The number of hydrogen-bond donors (Lipinski definition) is 2. The normalized spacial score (nSPS) is 10.2. The van der Waals surface area contributed by atoms with Crippen molar-refractivity contribution in [3.63, 3.8) is 0 Å². The fourth-order valence-electron chi connectivity index (χ4n) is 1.67. The van der Waals surface area contributed by atoms with E-state index in [4.69, 9.17) is 10.5 Å². The van der Waals surface area contributed by atoms with Gasteiger partial charge in [-0.15, -0.1) is 0 Å². The standard InChI is InChI=1S/C13H16N4O2/c1-3-19-13(18)10-8-9(14)4-5-11(10)15-12-6-7-17(2)16-12/h4-8H,3,14H2,1-2H3,(H,15,16). The minimum atomic E-state index is -0.409. The predicted molar refractivity (Wildman–Crippen MR) is 73.3 cm³/mol. The van der Waals surface area contributed by atoms with E-state index >= 15 is 0 Å². The number of nitrogens with two attached hydrogens (primary N) is 1. The number of ether oxygens (including phenoxy) is 1. The van der Waals surface area contributed by atoms with Crippen LogP contribution in [0.3, 0.4) is 0 Å². The molecule has 2 rings (SSSR count). The maximum Gasteiger partial charge on any atom is 0.340 e. The van der Waals surface area contributed by atoms with E-state index in [0.717, 1.165) is 0 Å². The summed E-state index contributed by atoms with van der Waals surface area (Å²) in [6.07, 6.45) is 1.81. The molecule has 1 aromatic carbocycles. The van der Waals surface area contributed by atoms with E-state index in [1.165, 1.54) is 0 Å². The van der Waals surface area contributed by atoms with E-state index in [1.807, 2.05) is 19.3 Å². The molecule has 0 saturated heterocycles. The van der Waals surface area contributed by atoms with E-state index in [-0.39, 0.29) is 0 Å². The van der Waals surface area contributed by atoms with Gasteiger partial charge in [-0.05, 0) is 25.1 Å². The van der Waals surface area contributed by atoms with E-state index in [0.29, 0.717) is 29.4 Å². The zero-order valence-electron chi connectivity index (χ0n) is 10.9. The highest BCUT2D eigenvalue weighted by atomic mass is 16.5. The van der Waals surface area contributed by atoms with Gasteiger partial charge in [-0.2, -0.15) is 5.10 Å². The molecule has 1 heterocycles. The van der Waals surface area contributed by atoms with Gasteiger partial charge in [-0.3, -0.25) is 4.68 Å². The van der Waals surface area contributed by atoms with Crippen molar-refractivity contribution in [2.45, 2.75) is 6.92 Å². The fraction of sp³-hybridized carbons (Fsp3) is 0.231. The number of nitrogens with one attached hydrogen (secondary N) is 1. The molecule has 1 aromatic heterocycles. The number of aryl methyl sites for hydroxylation is 1. The van der Waals surface area contributed by atoms with Gasteiger partial charge in [0.05, 0.1) is 17.9 Å². The van der Waals surface area contributed by atoms with Crippen LogP contribution in [-0.4, -0.2) is 22.4 Å². The lowest BCUT2D eigenvalue weighted by atomic mass is 10.1. The van der Waals surface area contributed by atoms with E-state index in [2.05, 4.69) is 10.4 Å². The number of carbonyl (C=O) groups is 1. The second-order valence-electron chi connectivity index (χ2n) is 4.03. The number of nitrogens with zero attached hydrogens (tertiary/aromatic N) is 2. The third-order valence-corrected chi connectivity index (χ3v) is 2.52. The molecule has 0 aliphatic rings. The summed E-state index contributed by atoms with van der Waals surface area (Å²) in [5.41, 5.74) is 7.23. The maximum atomic E-state index is 11.9. The van der Waals surface area contributed by atoms with Gasteiger partial charge in [0.1, 0.15) is 0 Å². The molecule has 0 atom stereocenters. The first-order valence-electron chi connectivity index (χ1n) is 5.93. The first-order valence-corrected chi connectivity index (χ1v) is 5.93. The fourth-order valence-corrected chi connectivity index (χ4v) is 1.67. The number of esters is 1. The summed E-state index contributed by atoms with van der Waals surface area (Å²) in [6, 6.07) is 6.85. The van der Waals surface area contributed by atoms with Crippen molar-refractivity contribution in [1.82, 2.24) is 9.78 Å². The monoisotopic (exact) mass is 260 g/mol. The first-order chi connectivity index (χ1) is 9.10. The summed E-state index contributed by atoms with van der Waals surface area (Å²) in [4.78, 5) is 11.9. The molecular formula is C13H16N4O2. The highest BCUT2D eigenvalue weighted by Crippen LogP contribution is 2.23. The summed E-state index contributed by atoms with van der Waals surface area (Å²) >= 11 is 0. The van der Waals surface area contributed by atoms with Crippen molar-refractivity contribution >= 4 is 23.2 Å². The lowest BCUT2D eigenvalue weighted by Crippen LogP contribution is -2.09. The Kier molecular flexibility index (Phi) is 3.70. The first kappa shape index (κ1) is 12.9. The summed E-state index contributed by atoms with van der Waals surface area (Å²) in [5, 5.41) is 7.27. The van der Waals surface area contributed by atoms with Gasteiger partial charge in [-0.25, -0.2) is 4.79 Å². The number of carbonyl (C=O) groups excluding carboxylic acids is 1. The summed E-state index contributed by atoms with van der Waals surface area (Å²) in [6.45, 7) is 2.08. The van der Waals surface area contributed by atoms with Gasteiger partial charge in [-0.1, -0.05) is 0 Å². The Morgan fingerprint density at radius 2 is 2.26 bits per heavy atom. The van der Waals surface area contributed by atoms with Crippen molar-refractivity contribution in [2.24, 2.45) is 7.05 Å². The van der Waals surface area contributed by atoms with Crippen LogP contribution < -0.4 is 11.1 Å². The van der Waals surface area contributed by atoms with Gasteiger partial charge in [0, 0.05) is 25.0 Å². The Balaban J connectivity index is 2.31. The molecule has 0 amide bonds. The quantitative estimate of drug-likeness (QED) is 0.648. The molecule has 0 bridgehead atoms. The molecule has 2 aromatic rings. The second-order valence-corrected chi connectivity index (χ2v) is 4.03. The zero-order chi connectivity index (χ0) is 13.8. The highest BCUT2D eigenvalue weighted by Gasteiger charge is 2.13. The van der Waals surface area contributed by atoms with Gasteiger partial charge >= 0.3 is 5.97 Å². The molecular weight excluding hydrogens is 244 g/mol. The van der Waals surface area contributed by atoms with Crippen LogP contribution in [0, 0.1) is 0 Å². The maximum absolute atomic E-state index is 11.9. The summed E-state index contributed by atoms with van der Waals surface area (Å²) in [7, 11) is 1.82. The average Bonchev–Trinajstić information content (AvgIpc) is 2.77. The van der Waals surface area contributed by atoms with Gasteiger partial charge in [0.25, 0.3) is 0 Å². The van der Waals surface area contributed by atoms with Crippen LogP contribution in [0.5, 0.6) is 0 Å². The number of anilines is 3. The molecule has 0 unspecified atom stereocenters. The number of benzene rings is 1. The highest BCUT2D eigenvalue weighted by molar-refractivity contribution is 5.97. The van der Waals surface area contributed by atoms with Crippen molar-refractivity contribution < 1.29 is 9.53 Å². The molecule has 0 saturated carbocycles. The van der Waals surface area contributed by atoms with Crippen molar-refractivity contribution in [3.8, 4) is 0 Å². The smallest absolute Gasteiger partial charge is 0.340 e. The lowest BCUT2D eigenvalue weighted by Gasteiger charge is -2.10. The minimum Gasteiger partial charge on any atom is -0.462 e. The Morgan fingerprint density at radius 3 is 2.89 bits per heavy atom. The second kappa shape index (κ2) is 5.43. The van der Waals surface area contributed by atoms with Gasteiger partial charge < -0.3 is 15.8 Å². The molecule has 19 heavy (non-hydrogen) atoms. The van der Waals surface area contributed by atoms with Crippen LogP contribution in [-0.2, 0) is 11.8 Å². The van der Waals surface area contributed by atoms with E-state index in [1.54, 1.807) is 29.8 Å². The summed E-state index contributed by atoms with van der Waals surface area (Å²) < 4.78 is 6.68. The van der Waals surface area contributed by atoms with Crippen LogP contribution in [0.25, 0.3) is 0 Å². The summed E-state index contributed by atoms with van der Waals surface area (Å²) in [5.74, 6) is 0.242.